The quantitative estimate of drug-likeness (QED) is 0.861. The summed E-state index contributed by atoms with van der Waals surface area (Å²) in [6, 6.07) is 4.13. The largest absolute Gasteiger partial charge is 0.315 e. The number of aromatic nitrogens is 2. The van der Waals surface area contributed by atoms with Gasteiger partial charge in [-0.1, -0.05) is 0 Å². The second kappa shape index (κ2) is 3.96. The Balaban J connectivity index is 1.98. The lowest BCUT2D eigenvalue weighted by Gasteiger charge is -2.25. The molecule has 0 radical (unpaired) electrons. The van der Waals surface area contributed by atoms with Crippen LogP contribution in [0.15, 0.2) is 23.7 Å². The van der Waals surface area contributed by atoms with Crippen LogP contribution in [0.4, 0.5) is 0 Å². The number of hydrogen-bond acceptors (Lipinski definition) is 4. The standard InChI is InChI=1S/C12H13N3S/c1-8-3-5-16-11(8)10-2-4-14-12(15-10)9-6-13-7-9/h2-5,9,13H,6-7H2,1H3. The highest BCUT2D eigenvalue weighted by Gasteiger charge is 2.22. The van der Waals surface area contributed by atoms with Crippen LogP contribution < -0.4 is 5.32 Å². The van der Waals surface area contributed by atoms with Gasteiger partial charge in [-0.3, -0.25) is 0 Å². The van der Waals surface area contributed by atoms with Gasteiger partial charge in [-0.05, 0) is 30.0 Å². The molecule has 2 aromatic rings. The van der Waals surface area contributed by atoms with E-state index in [1.165, 1.54) is 10.4 Å². The Morgan fingerprint density at radius 3 is 2.88 bits per heavy atom. The summed E-state index contributed by atoms with van der Waals surface area (Å²) >= 11 is 1.74. The van der Waals surface area contributed by atoms with Crippen molar-refractivity contribution in [2.45, 2.75) is 12.8 Å². The summed E-state index contributed by atoms with van der Waals surface area (Å²) in [5.41, 5.74) is 2.35. The van der Waals surface area contributed by atoms with Crippen LogP contribution >= 0.6 is 11.3 Å². The highest BCUT2D eigenvalue weighted by atomic mass is 32.1. The van der Waals surface area contributed by atoms with Crippen LogP contribution in [-0.2, 0) is 0 Å². The molecule has 16 heavy (non-hydrogen) atoms. The predicted molar refractivity (Wildman–Crippen MR) is 65.7 cm³/mol. The Morgan fingerprint density at radius 1 is 1.38 bits per heavy atom. The molecule has 3 nitrogen and oxygen atoms in total. The van der Waals surface area contributed by atoms with E-state index in [1.807, 2.05) is 12.3 Å². The molecular formula is C12H13N3S. The Labute approximate surface area is 98.6 Å². The molecule has 1 aliphatic heterocycles. The van der Waals surface area contributed by atoms with Crippen molar-refractivity contribution in [3.8, 4) is 10.6 Å². The average Bonchev–Trinajstić information content (AvgIpc) is 2.62. The SMILES string of the molecule is Cc1ccsc1-c1ccnc(C2CNC2)n1. The lowest BCUT2D eigenvalue weighted by atomic mass is 10.0. The fourth-order valence-electron chi connectivity index (χ4n) is 1.80. The minimum atomic E-state index is 0.500. The van der Waals surface area contributed by atoms with E-state index in [0.717, 1.165) is 24.6 Å². The van der Waals surface area contributed by atoms with Crippen molar-refractivity contribution in [3.63, 3.8) is 0 Å². The van der Waals surface area contributed by atoms with E-state index >= 15 is 0 Å². The summed E-state index contributed by atoms with van der Waals surface area (Å²) in [6.07, 6.45) is 1.87. The molecule has 0 aliphatic carbocycles. The van der Waals surface area contributed by atoms with Crippen molar-refractivity contribution >= 4 is 11.3 Å². The average molecular weight is 231 g/mol. The predicted octanol–water partition coefficient (Wildman–Crippen LogP) is 2.20. The lowest BCUT2D eigenvalue weighted by Crippen LogP contribution is -2.40. The van der Waals surface area contributed by atoms with Gasteiger partial charge in [0, 0.05) is 25.2 Å². The van der Waals surface area contributed by atoms with Gasteiger partial charge in [0.1, 0.15) is 5.82 Å². The first kappa shape index (κ1) is 9.93. The third-order valence-electron chi connectivity index (χ3n) is 2.92. The van der Waals surface area contributed by atoms with Gasteiger partial charge >= 0.3 is 0 Å². The minimum Gasteiger partial charge on any atom is -0.315 e. The molecule has 3 rings (SSSR count). The van der Waals surface area contributed by atoms with Gasteiger partial charge < -0.3 is 5.32 Å². The van der Waals surface area contributed by atoms with Crippen LogP contribution in [0.1, 0.15) is 17.3 Å². The van der Waals surface area contributed by atoms with Gasteiger partial charge in [0.15, 0.2) is 0 Å². The second-order valence-corrected chi connectivity index (χ2v) is 5.00. The van der Waals surface area contributed by atoms with Crippen LogP contribution in [0.3, 0.4) is 0 Å². The number of nitrogens with zero attached hydrogens (tertiary/aromatic N) is 2. The maximum Gasteiger partial charge on any atom is 0.134 e. The number of nitrogens with one attached hydrogen (secondary N) is 1. The first-order valence-corrected chi connectivity index (χ1v) is 6.30. The van der Waals surface area contributed by atoms with Crippen molar-refractivity contribution in [2.24, 2.45) is 0 Å². The van der Waals surface area contributed by atoms with E-state index < -0.39 is 0 Å². The van der Waals surface area contributed by atoms with E-state index in [0.29, 0.717) is 5.92 Å². The summed E-state index contributed by atoms with van der Waals surface area (Å²) in [6.45, 7) is 4.14. The topological polar surface area (TPSA) is 37.8 Å². The molecule has 4 heteroatoms. The van der Waals surface area contributed by atoms with E-state index in [1.54, 1.807) is 11.3 Å². The Kier molecular flexibility index (Phi) is 2.46. The Bertz CT molecular complexity index is 502. The van der Waals surface area contributed by atoms with Crippen molar-refractivity contribution in [1.29, 1.82) is 0 Å². The summed E-state index contributed by atoms with van der Waals surface area (Å²) in [7, 11) is 0. The van der Waals surface area contributed by atoms with Crippen LogP contribution in [0, 0.1) is 6.92 Å². The maximum absolute atomic E-state index is 4.66. The molecule has 0 amide bonds. The van der Waals surface area contributed by atoms with Gasteiger partial charge in [-0.2, -0.15) is 0 Å². The molecule has 1 fully saturated rings. The van der Waals surface area contributed by atoms with Crippen molar-refractivity contribution in [1.82, 2.24) is 15.3 Å². The van der Waals surface area contributed by atoms with Crippen LogP contribution in [-0.4, -0.2) is 23.1 Å². The van der Waals surface area contributed by atoms with Crippen molar-refractivity contribution in [2.75, 3.05) is 13.1 Å². The molecule has 0 bridgehead atoms. The van der Waals surface area contributed by atoms with E-state index in [-0.39, 0.29) is 0 Å². The van der Waals surface area contributed by atoms with Gasteiger partial charge in [0.25, 0.3) is 0 Å². The minimum absolute atomic E-state index is 0.500. The van der Waals surface area contributed by atoms with Gasteiger partial charge in [0.05, 0.1) is 10.6 Å². The zero-order valence-corrected chi connectivity index (χ0v) is 9.92. The molecule has 0 spiro atoms. The highest BCUT2D eigenvalue weighted by molar-refractivity contribution is 7.13. The summed E-state index contributed by atoms with van der Waals surface area (Å²) in [5, 5.41) is 5.36. The number of aryl methyl sites for hydroxylation is 1. The summed E-state index contributed by atoms with van der Waals surface area (Å²) < 4.78 is 0. The van der Waals surface area contributed by atoms with Crippen LogP contribution in [0.2, 0.25) is 0 Å². The molecule has 0 atom stereocenters. The number of thiophene rings is 1. The van der Waals surface area contributed by atoms with Gasteiger partial charge in [-0.15, -0.1) is 11.3 Å². The van der Waals surface area contributed by atoms with Crippen LogP contribution in [0.25, 0.3) is 10.6 Å². The molecule has 0 saturated carbocycles. The van der Waals surface area contributed by atoms with Gasteiger partial charge in [-0.25, -0.2) is 9.97 Å². The monoisotopic (exact) mass is 231 g/mol. The van der Waals surface area contributed by atoms with Crippen molar-refractivity contribution < 1.29 is 0 Å². The van der Waals surface area contributed by atoms with Gasteiger partial charge in [0.2, 0.25) is 0 Å². The van der Waals surface area contributed by atoms with Crippen molar-refractivity contribution in [3.05, 3.63) is 35.1 Å². The number of rotatable bonds is 2. The maximum atomic E-state index is 4.66. The molecule has 1 saturated heterocycles. The number of hydrogen-bond donors (Lipinski definition) is 1. The molecule has 1 N–H and O–H groups in total. The Hall–Kier alpha value is -1.26. The summed E-state index contributed by atoms with van der Waals surface area (Å²) in [4.78, 5) is 10.3. The van der Waals surface area contributed by atoms with E-state index in [4.69, 9.17) is 0 Å². The zero-order chi connectivity index (χ0) is 11.0. The molecule has 2 aromatic heterocycles. The molecular weight excluding hydrogens is 218 g/mol. The normalized spacial score (nSPS) is 16.1. The molecule has 82 valence electrons. The van der Waals surface area contributed by atoms with Crippen LogP contribution in [0.5, 0.6) is 0 Å². The smallest absolute Gasteiger partial charge is 0.134 e. The third kappa shape index (κ3) is 1.64. The first-order chi connectivity index (χ1) is 7.84. The fourth-order valence-corrected chi connectivity index (χ4v) is 2.70. The highest BCUT2D eigenvalue weighted by Crippen LogP contribution is 2.28. The third-order valence-corrected chi connectivity index (χ3v) is 3.95. The molecule has 1 aliphatic rings. The summed E-state index contributed by atoms with van der Waals surface area (Å²) in [5.74, 6) is 1.48. The van der Waals surface area contributed by atoms with E-state index in [2.05, 4.69) is 33.7 Å². The zero-order valence-electron chi connectivity index (χ0n) is 9.10. The molecule has 3 heterocycles. The van der Waals surface area contributed by atoms with E-state index in [9.17, 15) is 0 Å². The first-order valence-electron chi connectivity index (χ1n) is 5.43. The Morgan fingerprint density at radius 2 is 2.25 bits per heavy atom. The lowest BCUT2D eigenvalue weighted by molar-refractivity contribution is 0.430. The molecule has 0 unspecified atom stereocenters. The molecule has 0 aromatic carbocycles. The fraction of sp³-hybridized carbons (Fsp3) is 0.333. The second-order valence-electron chi connectivity index (χ2n) is 4.09.